The standard InChI is InChI=1S/C16H19N3O/c1-11-6-3-4-7-13(11)15-8-5-9-19(15)16(20)14-10-17-18-12(14)2/h3-4,6-7,10,15H,5,8-9H2,1-2H3,(H,17,18). The summed E-state index contributed by atoms with van der Waals surface area (Å²) in [7, 11) is 0. The zero-order valence-corrected chi connectivity index (χ0v) is 11.9. The van der Waals surface area contributed by atoms with Gasteiger partial charge < -0.3 is 4.90 Å². The number of H-pyrrole nitrogens is 1. The first-order valence-electron chi connectivity index (χ1n) is 7.05. The molecule has 0 spiro atoms. The van der Waals surface area contributed by atoms with Crippen molar-refractivity contribution in [3.05, 3.63) is 52.8 Å². The summed E-state index contributed by atoms with van der Waals surface area (Å²) in [6, 6.07) is 8.53. The Kier molecular flexibility index (Phi) is 3.30. The van der Waals surface area contributed by atoms with Gasteiger partial charge in [0.05, 0.1) is 17.8 Å². The first-order chi connectivity index (χ1) is 9.68. The molecule has 104 valence electrons. The summed E-state index contributed by atoms with van der Waals surface area (Å²) in [5, 5.41) is 6.80. The van der Waals surface area contributed by atoms with Crippen molar-refractivity contribution in [1.29, 1.82) is 0 Å². The second-order valence-corrected chi connectivity index (χ2v) is 5.42. The lowest BCUT2D eigenvalue weighted by Crippen LogP contribution is -2.31. The molecule has 1 aliphatic rings. The van der Waals surface area contributed by atoms with Gasteiger partial charge in [0, 0.05) is 12.2 Å². The van der Waals surface area contributed by atoms with Gasteiger partial charge >= 0.3 is 0 Å². The quantitative estimate of drug-likeness (QED) is 0.911. The zero-order chi connectivity index (χ0) is 14.1. The molecule has 0 radical (unpaired) electrons. The average molecular weight is 269 g/mol. The van der Waals surface area contributed by atoms with Crippen LogP contribution in [0.1, 0.15) is 46.1 Å². The molecule has 1 N–H and O–H groups in total. The van der Waals surface area contributed by atoms with Crippen LogP contribution in [0.15, 0.2) is 30.5 Å². The Labute approximate surface area is 118 Å². The monoisotopic (exact) mass is 269 g/mol. The van der Waals surface area contributed by atoms with Gasteiger partial charge in [-0.15, -0.1) is 0 Å². The fourth-order valence-electron chi connectivity index (χ4n) is 3.01. The Morgan fingerprint density at radius 2 is 2.15 bits per heavy atom. The van der Waals surface area contributed by atoms with Gasteiger partial charge in [0.1, 0.15) is 0 Å². The van der Waals surface area contributed by atoms with Gasteiger partial charge in [0.15, 0.2) is 0 Å². The number of amides is 1. The molecule has 2 aromatic rings. The molecule has 1 atom stereocenters. The summed E-state index contributed by atoms with van der Waals surface area (Å²) in [5.74, 6) is 0.0852. The molecule has 0 saturated carbocycles. The minimum atomic E-state index is 0.0852. The molecule has 1 amide bonds. The molecule has 1 fully saturated rings. The number of nitrogens with zero attached hydrogens (tertiary/aromatic N) is 2. The van der Waals surface area contributed by atoms with Crippen LogP contribution >= 0.6 is 0 Å². The molecule has 20 heavy (non-hydrogen) atoms. The molecule has 2 heterocycles. The SMILES string of the molecule is Cc1ccccc1C1CCCN1C(=O)c1cn[nH]c1C. The van der Waals surface area contributed by atoms with E-state index in [4.69, 9.17) is 0 Å². The van der Waals surface area contributed by atoms with Crippen LogP contribution in [0, 0.1) is 13.8 Å². The van der Waals surface area contributed by atoms with Crippen molar-refractivity contribution < 1.29 is 4.79 Å². The Balaban J connectivity index is 1.92. The highest BCUT2D eigenvalue weighted by atomic mass is 16.2. The Hall–Kier alpha value is -2.10. The van der Waals surface area contributed by atoms with Crippen LogP contribution in [0.3, 0.4) is 0 Å². The van der Waals surface area contributed by atoms with Gasteiger partial charge in [-0.3, -0.25) is 9.89 Å². The smallest absolute Gasteiger partial charge is 0.257 e. The van der Waals surface area contributed by atoms with Crippen LogP contribution < -0.4 is 0 Å². The van der Waals surface area contributed by atoms with E-state index in [0.29, 0.717) is 5.56 Å². The van der Waals surface area contributed by atoms with Gasteiger partial charge in [-0.25, -0.2) is 0 Å². The number of benzene rings is 1. The highest BCUT2D eigenvalue weighted by molar-refractivity contribution is 5.95. The van der Waals surface area contributed by atoms with E-state index in [9.17, 15) is 4.79 Å². The lowest BCUT2D eigenvalue weighted by atomic mass is 9.99. The summed E-state index contributed by atoms with van der Waals surface area (Å²) in [5.41, 5.74) is 4.04. The molecule has 1 aromatic carbocycles. The molecule has 4 nitrogen and oxygen atoms in total. The maximum absolute atomic E-state index is 12.7. The molecule has 1 unspecified atom stereocenters. The van der Waals surface area contributed by atoms with E-state index < -0.39 is 0 Å². The van der Waals surface area contributed by atoms with Crippen molar-refractivity contribution in [3.63, 3.8) is 0 Å². The molecule has 0 aliphatic carbocycles. The topological polar surface area (TPSA) is 49.0 Å². The van der Waals surface area contributed by atoms with Gasteiger partial charge in [-0.05, 0) is 37.8 Å². The summed E-state index contributed by atoms with van der Waals surface area (Å²) in [4.78, 5) is 14.7. The molecule has 1 aromatic heterocycles. The van der Waals surface area contributed by atoms with Crippen LogP contribution in [-0.2, 0) is 0 Å². The number of rotatable bonds is 2. The minimum absolute atomic E-state index is 0.0852. The predicted molar refractivity (Wildman–Crippen MR) is 77.5 cm³/mol. The lowest BCUT2D eigenvalue weighted by molar-refractivity contribution is 0.0734. The van der Waals surface area contributed by atoms with Crippen LogP contribution in [0.25, 0.3) is 0 Å². The van der Waals surface area contributed by atoms with Crippen LogP contribution in [-0.4, -0.2) is 27.5 Å². The van der Waals surface area contributed by atoms with Gasteiger partial charge in [0.2, 0.25) is 0 Å². The number of nitrogens with one attached hydrogen (secondary N) is 1. The average Bonchev–Trinajstić information content (AvgIpc) is 3.07. The highest BCUT2D eigenvalue weighted by Crippen LogP contribution is 2.34. The van der Waals surface area contributed by atoms with Gasteiger partial charge in [-0.1, -0.05) is 24.3 Å². The van der Waals surface area contributed by atoms with E-state index in [1.807, 2.05) is 24.0 Å². The first kappa shape index (κ1) is 12.9. The van der Waals surface area contributed by atoms with E-state index in [1.54, 1.807) is 6.20 Å². The second-order valence-electron chi connectivity index (χ2n) is 5.42. The maximum Gasteiger partial charge on any atom is 0.257 e. The fraction of sp³-hybridized carbons (Fsp3) is 0.375. The van der Waals surface area contributed by atoms with Crippen molar-refractivity contribution in [2.75, 3.05) is 6.54 Å². The fourth-order valence-corrected chi connectivity index (χ4v) is 3.01. The normalized spacial score (nSPS) is 18.5. The number of hydrogen-bond acceptors (Lipinski definition) is 2. The third-order valence-electron chi connectivity index (χ3n) is 4.12. The van der Waals surface area contributed by atoms with E-state index in [1.165, 1.54) is 11.1 Å². The van der Waals surface area contributed by atoms with Gasteiger partial charge in [0.25, 0.3) is 5.91 Å². The summed E-state index contributed by atoms with van der Waals surface area (Å²) in [6.07, 6.45) is 3.72. The zero-order valence-electron chi connectivity index (χ0n) is 11.9. The first-order valence-corrected chi connectivity index (χ1v) is 7.05. The minimum Gasteiger partial charge on any atom is -0.331 e. The maximum atomic E-state index is 12.7. The molecule has 4 heteroatoms. The summed E-state index contributed by atoms with van der Waals surface area (Å²) >= 11 is 0. The molecule has 1 aliphatic heterocycles. The molecule has 1 saturated heterocycles. The summed E-state index contributed by atoms with van der Waals surface area (Å²) < 4.78 is 0. The predicted octanol–water partition coefficient (Wildman–Crippen LogP) is 3.00. The highest BCUT2D eigenvalue weighted by Gasteiger charge is 2.32. The summed E-state index contributed by atoms with van der Waals surface area (Å²) in [6.45, 7) is 4.82. The number of carbonyl (C=O) groups is 1. The van der Waals surface area contributed by atoms with E-state index >= 15 is 0 Å². The lowest BCUT2D eigenvalue weighted by Gasteiger charge is -2.26. The molecular formula is C16H19N3O. The van der Waals surface area contributed by atoms with Crippen molar-refractivity contribution >= 4 is 5.91 Å². The second kappa shape index (κ2) is 5.12. The molecule has 3 rings (SSSR count). The Morgan fingerprint density at radius 3 is 2.85 bits per heavy atom. The number of likely N-dealkylation sites (tertiary alicyclic amines) is 1. The van der Waals surface area contributed by atoms with E-state index in [-0.39, 0.29) is 11.9 Å². The van der Waals surface area contributed by atoms with Gasteiger partial charge in [-0.2, -0.15) is 5.10 Å². The largest absolute Gasteiger partial charge is 0.331 e. The van der Waals surface area contributed by atoms with Crippen molar-refractivity contribution in [2.45, 2.75) is 32.7 Å². The number of aromatic amines is 1. The van der Waals surface area contributed by atoms with Crippen LogP contribution in [0.2, 0.25) is 0 Å². The van der Waals surface area contributed by atoms with Crippen molar-refractivity contribution in [2.24, 2.45) is 0 Å². The molecular weight excluding hydrogens is 250 g/mol. The number of aromatic nitrogens is 2. The van der Waals surface area contributed by atoms with Crippen molar-refractivity contribution in [1.82, 2.24) is 15.1 Å². The van der Waals surface area contributed by atoms with E-state index in [2.05, 4.69) is 29.3 Å². The van der Waals surface area contributed by atoms with Crippen molar-refractivity contribution in [3.8, 4) is 0 Å². The third kappa shape index (κ3) is 2.11. The number of carbonyl (C=O) groups excluding carboxylic acids is 1. The molecule has 0 bridgehead atoms. The van der Waals surface area contributed by atoms with Crippen LogP contribution in [0.4, 0.5) is 0 Å². The van der Waals surface area contributed by atoms with E-state index in [0.717, 1.165) is 25.1 Å². The Bertz CT molecular complexity index is 632. The third-order valence-corrected chi connectivity index (χ3v) is 4.12. The number of hydrogen-bond donors (Lipinski definition) is 1. The Morgan fingerprint density at radius 1 is 1.35 bits per heavy atom. The van der Waals surface area contributed by atoms with Crippen LogP contribution in [0.5, 0.6) is 0 Å². The number of aryl methyl sites for hydroxylation is 2.